The van der Waals surface area contributed by atoms with Crippen LogP contribution in [0.5, 0.6) is 0 Å². The van der Waals surface area contributed by atoms with Crippen molar-refractivity contribution in [2.75, 3.05) is 38.2 Å². The van der Waals surface area contributed by atoms with Crippen LogP contribution < -0.4 is 5.32 Å². The van der Waals surface area contributed by atoms with Crippen molar-refractivity contribution in [1.29, 1.82) is 0 Å². The first-order valence-corrected chi connectivity index (χ1v) is 7.50. The summed E-state index contributed by atoms with van der Waals surface area (Å²) in [5, 5.41) is 3.34. The largest absolute Gasteiger partial charge is 0.316 e. The minimum Gasteiger partial charge on any atom is -0.316 e. The normalized spacial score (nSPS) is 29.0. The lowest BCUT2D eigenvalue weighted by Gasteiger charge is -2.32. The Morgan fingerprint density at radius 3 is 2.87 bits per heavy atom. The zero-order valence-electron chi connectivity index (χ0n) is 9.87. The molecule has 0 bridgehead atoms. The first-order chi connectivity index (χ1) is 7.36. The average molecular weight is 228 g/mol. The van der Waals surface area contributed by atoms with Crippen LogP contribution >= 0.6 is 11.8 Å². The summed E-state index contributed by atoms with van der Waals surface area (Å²) in [6.45, 7) is 3.84. The van der Waals surface area contributed by atoms with Gasteiger partial charge in [-0.05, 0) is 63.4 Å². The molecule has 0 aromatic rings. The van der Waals surface area contributed by atoms with Crippen LogP contribution in [0.1, 0.15) is 25.7 Å². The van der Waals surface area contributed by atoms with Crippen molar-refractivity contribution in [3.05, 3.63) is 0 Å². The third-order valence-electron chi connectivity index (χ3n) is 3.74. The van der Waals surface area contributed by atoms with Gasteiger partial charge in [-0.1, -0.05) is 6.42 Å². The average Bonchev–Trinajstić information content (AvgIpc) is 2.17. The van der Waals surface area contributed by atoms with Crippen LogP contribution in [-0.2, 0) is 0 Å². The number of hydrogen-bond donors (Lipinski definition) is 1. The Labute approximate surface area is 98.2 Å². The van der Waals surface area contributed by atoms with Gasteiger partial charge in [-0.3, -0.25) is 0 Å². The number of piperidine rings is 1. The highest BCUT2D eigenvalue weighted by molar-refractivity contribution is 7.99. The van der Waals surface area contributed by atoms with Crippen molar-refractivity contribution < 1.29 is 0 Å². The fourth-order valence-corrected chi connectivity index (χ4v) is 3.62. The predicted octanol–water partition coefficient (Wildman–Crippen LogP) is 1.81. The summed E-state index contributed by atoms with van der Waals surface area (Å²) >= 11 is 2.17. The van der Waals surface area contributed by atoms with E-state index in [-0.39, 0.29) is 0 Å². The van der Waals surface area contributed by atoms with Crippen LogP contribution in [0.15, 0.2) is 0 Å². The minimum atomic E-state index is 0.880. The molecule has 3 heteroatoms. The lowest BCUT2D eigenvalue weighted by molar-refractivity contribution is 0.182. The Balaban J connectivity index is 1.52. The summed E-state index contributed by atoms with van der Waals surface area (Å²) in [6.07, 6.45) is 5.70. The van der Waals surface area contributed by atoms with Crippen LogP contribution in [0.25, 0.3) is 0 Å². The molecule has 15 heavy (non-hydrogen) atoms. The molecule has 0 amide bonds. The van der Waals surface area contributed by atoms with Gasteiger partial charge in [-0.25, -0.2) is 0 Å². The van der Waals surface area contributed by atoms with E-state index in [1.807, 2.05) is 0 Å². The van der Waals surface area contributed by atoms with Crippen molar-refractivity contribution in [1.82, 2.24) is 10.2 Å². The summed E-state index contributed by atoms with van der Waals surface area (Å²) in [5.74, 6) is 3.72. The zero-order chi connectivity index (χ0) is 10.5. The molecular formula is C12H24N2S. The van der Waals surface area contributed by atoms with E-state index in [0.717, 1.165) is 12.0 Å². The summed E-state index contributed by atoms with van der Waals surface area (Å²) in [4.78, 5) is 2.56. The molecule has 88 valence electrons. The van der Waals surface area contributed by atoms with Gasteiger partial charge < -0.3 is 10.2 Å². The summed E-state index contributed by atoms with van der Waals surface area (Å²) in [7, 11) is 2.30. The van der Waals surface area contributed by atoms with Crippen molar-refractivity contribution >= 4 is 11.8 Å². The van der Waals surface area contributed by atoms with E-state index in [9.17, 15) is 0 Å². The zero-order valence-corrected chi connectivity index (χ0v) is 10.7. The molecule has 0 aromatic heterocycles. The van der Waals surface area contributed by atoms with Crippen molar-refractivity contribution in [3.8, 4) is 0 Å². The summed E-state index contributed by atoms with van der Waals surface area (Å²) < 4.78 is 0. The number of hydrogen-bond acceptors (Lipinski definition) is 3. The number of thioether (sulfide) groups is 1. The molecule has 2 saturated heterocycles. The molecule has 0 aliphatic carbocycles. The van der Waals surface area contributed by atoms with E-state index in [0.29, 0.717) is 0 Å². The van der Waals surface area contributed by atoms with Gasteiger partial charge in [-0.2, -0.15) is 11.8 Å². The van der Waals surface area contributed by atoms with E-state index in [1.165, 1.54) is 56.8 Å². The molecule has 0 radical (unpaired) electrons. The smallest absolute Gasteiger partial charge is 0.0100 e. The SMILES string of the molecule is CN1CCCCC1CCSCC1CNC1. The Hall–Kier alpha value is 0.270. The molecule has 0 aromatic carbocycles. The van der Waals surface area contributed by atoms with Crippen LogP contribution in [0.2, 0.25) is 0 Å². The van der Waals surface area contributed by atoms with E-state index in [2.05, 4.69) is 29.0 Å². The fourth-order valence-electron chi connectivity index (χ4n) is 2.44. The van der Waals surface area contributed by atoms with Crippen molar-refractivity contribution in [2.24, 2.45) is 5.92 Å². The lowest BCUT2D eigenvalue weighted by Crippen LogP contribution is -2.43. The Bertz CT molecular complexity index is 182. The third-order valence-corrected chi connectivity index (χ3v) is 4.97. The molecule has 1 N–H and O–H groups in total. The van der Waals surface area contributed by atoms with Gasteiger partial charge in [0.15, 0.2) is 0 Å². The van der Waals surface area contributed by atoms with Crippen molar-refractivity contribution in [2.45, 2.75) is 31.7 Å². The van der Waals surface area contributed by atoms with Gasteiger partial charge in [0.05, 0.1) is 0 Å². The lowest BCUT2D eigenvalue weighted by atomic mass is 10.0. The topological polar surface area (TPSA) is 15.3 Å². The number of nitrogens with zero attached hydrogens (tertiary/aromatic N) is 1. The van der Waals surface area contributed by atoms with Crippen LogP contribution in [0.3, 0.4) is 0 Å². The first kappa shape index (κ1) is 11.7. The molecular weight excluding hydrogens is 204 g/mol. The molecule has 2 rings (SSSR count). The summed E-state index contributed by atoms with van der Waals surface area (Å²) in [5.41, 5.74) is 0. The van der Waals surface area contributed by atoms with Gasteiger partial charge in [0.2, 0.25) is 0 Å². The van der Waals surface area contributed by atoms with Crippen LogP contribution in [-0.4, -0.2) is 49.1 Å². The Morgan fingerprint density at radius 1 is 1.33 bits per heavy atom. The highest BCUT2D eigenvalue weighted by Gasteiger charge is 2.19. The first-order valence-electron chi connectivity index (χ1n) is 6.35. The predicted molar refractivity (Wildman–Crippen MR) is 68.6 cm³/mol. The highest BCUT2D eigenvalue weighted by atomic mass is 32.2. The maximum absolute atomic E-state index is 3.34. The van der Waals surface area contributed by atoms with Gasteiger partial charge in [0.25, 0.3) is 0 Å². The maximum Gasteiger partial charge on any atom is 0.0100 e. The van der Waals surface area contributed by atoms with Crippen LogP contribution in [0.4, 0.5) is 0 Å². The molecule has 0 saturated carbocycles. The molecule has 2 aliphatic rings. The van der Waals surface area contributed by atoms with Gasteiger partial charge in [-0.15, -0.1) is 0 Å². The monoisotopic (exact) mass is 228 g/mol. The van der Waals surface area contributed by atoms with Crippen molar-refractivity contribution in [3.63, 3.8) is 0 Å². The van der Waals surface area contributed by atoms with E-state index in [4.69, 9.17) is 0 Å². The third kappa shape index (κ3) is 3.65. The number of likely N-dealkylation sites (tertiary alicyclic amines) is 1. The second-order valence-electron chi connectivity index (χ2n) is 5.02. The molecule has 2 aliphatic heterocycles. The second kappa shape index (κ2) is 6.12. The Kier molecular flexibility index (Phi) is 4.79. The fraction of sp³-hybridized carbons (Fsp3) is 1.00. The molecule has 1 atom stereocenters. The molecule has 2 nitrogen and oxygen atoms in total. The van der Waals surface area contributed by atoms with E-state index >= 15 is 0 Å². The quantitative estimate of drug-likeness (QED) is 0.723. The second-order valence-corrected chi connectivity index (χ2v) is 6.17. The van der Waals surface area contributed by atoms with Gasteiger partial charge in [0.1, 0.15) is 0 Å². The number of rotatable bonds is 5. The van der Waals surface area contributed by atoms with Crippen LogP contribution in [0, 0.1) is 5.92 Å². The molecule has 0 spiro atoms. The number of nitrogens with one attached hydrogen (secondary N) is 1. The highest BCUT2D eigenvalue weighted by Crippen LogP contribution is 2.21. The molecule has 2 heterocycles. The summed E-state index contributed by atoms with van der Waals surface area (Å²) in [6, 6.07) is 0.880. The van der Waals surface area contributed by atoms with Gasteiger partial charge >= 0.3 is 0 Å². The maximum atomic E-state index is 3.34. The van der Waals surface area contributed by atoms with E-state index in [1.54, 1.807) is 0 Å². The molecule has 1 unspecified atom stereocenters. The van der Waals surface area contributed by atoms with E-state index < -0.39 is 0 Å². The van der Waals surface area contributed by atoms with Gasteiger partial charge in [0, 0.05) is 6.04 Å². The minimum absolute atomic E-state index is 0.880. The molecule has 2 fully saturated rings. The standard InChI is InChI=1S/C12H24N2S/c1-14-6-3-2-4-12(14)5-7-15-10-11-8-13-9-11/h11-13H,2-10H2,1H3. The Morgan fingerprint density at radius 2 is 2.20 bits per heavy atom.